The van der Waals surface area contributed by atoms with Crippen LogP contribution in [0.5, 0.6) is 0 Å². The van der Waals surface area contributed by atoms with Crippen molar-refractivity contribution in [1.82, 2.24) is 0 Å². The zero-order valence-electron chi connectivity index (χ0n) is 6.92. The van der Waals surface area contributed by atoms with Gasteiger partial charge in [-0.25, -0.2) is 0 Å². The Bertz CT molecular complexity index is 340. The number of rotatable bonds is 2. The minimum Gasteiger partial charge on any atom is -0.298 e. The highest BCUT2D eigenvalue weighted by atomic mass is 79.9. The van der Waals surface area contributed by atoms with Gasteiger partial charge in [-0.3, -0.25) is 4.79 Å². The average Bonchev–Trinajstić information content (AvgIpc) is 2.03. The van der Waals surface area contributed by atoms with Crippen LogP contribution in [0.2, 0.25) is 5.02 Å². The Labute approximate surface area is 96.0 Å². The van der Waals surface area contributed by atoms with Crippen LogP contribution >= 0.6 is 40.2 Å². The lowest BCUT2D eigenvalue weighted by Gasteiger charge is -2.09. The Hall–Kier alpha value is 0.01000. The molecule has 0 fully saturated rings. The second-order valence-electron chi connectivity index (χ2n) is 2.68. The average molecular weight is 280 g/mol. The maximum Gasteiger partial charge on any atom is 0.147 e. The lowest BCUT2D eigenvalue weighted by molar-refractivity contribution is -0.116. The third kappa shape index (κ3) is 2.73. The summed E-state index contributed by atoms with van der Waals surface area (Å²) in [4.78, 5) is 11.5. The summed E-state index contributed by atoms with van der Waals surface area (Å²) < 4.78 is 0. The number of Topliss-reactive ketones (excluding diaryl/α,β-unsaturated/α-hetero) is 1. The lowest BCUT2D eigenvalue weighted by Crippen LogP contribution is -2.01. The first-order valence-corrected chi connectivity index (χ1v) is 5.39. The predicted octanol–water partition coefficient (Wildman–Crippen LogP) is 3.65. The fourth-order valence-electron chi connectivity index (χ4n) is 0.950. The summed E-state index contributed by atoms with van der Waals surface area (Å²) in [5.41, 5.74) is 0.847. The maximum absolute atomic E-state index is 11.1. The van der Waals surface area contributed by atoms with Gasteiger partial charge in [0.25, 0.3) is 0 Å². The van der Waals surface area contributed by atoms with Gasteiger partial charge >= 0.3 is 0 Å². The first kappa shape index (κ1) is 11.1. The summed E-state index contributed by atoms with van der Waals surface area (Å²) in [6.07, 6.45) is 0. The Morgan fingerprint density at radius 3 is 2.69 bits per heavy atom. The Kier molecular flexibility index (Phi) is 3.83. The molecule has 1 atom stereocenters. The van der Waals surface area contributed by atoms with Gasteiger partial charge in [-0.05, 0) is 24.6 Å². The van der Waals surface area contributed by atoms with Crippen LogP contribution in [-0.4, -0.2) is 5.78 Å². The van der Waals surface area contributed by atoms with Gasteiger partial charge < -0.3 is 0 Å². The summed E-state index contributed by atoms with van der Waals surface area (Å²) in [6.45, 7) is 1.53. The van der Waals surface area contributed by atoms with Gasteiger partial charge in [-0.2, -0.15) is 0 Å². The summed E-state index contributed by atoms with van der Waals surface area (Å²) >= 11 is 13.3. The number of thiol groups is 1. The minimum atomic E-state index is -0.294. The first-order chi connectivity index (χ1) is 6.02. The van der Waals surface area contributed by atoms with Gasteiger partial charge in [0.05, 0.1) is 4.83 Å². The maximum atomic E-state index is 11.1. The molecular weight excluding hydrogens is 272 g/mol. The van der Waals surface area contributed by atoms with E-state index in [0.29, 0.717) is 5.02 Å². The van der Waals surface area contributed by atoms with Crippen molar-refractivity contribution < 1.29 is 4.79 Å². The Balaban J connectivity index is 3.08. The molecule has 0 radical (unpaired) electrons. The fraction of sp³-hybridized carbons (Fsp3) is 0.222. The third-order valence-electron chi connectivity index (χ3n) is 1.62. The first-order valence-electron chi connectivity index (χ1n) is 3.65. The second kappa shape index (κ2) is 4.49. The molecule has 0 aliphatic heterocycles. The second-order valence-corrected chi connectivity index (χ2v) is 4.51. The standard InChI is InChI=1S/C9H8BrClOS/c1-5(12)9(10)7-3-2-6(11)4-8(7)13/h2-4,9,13H,1H3. The van der Waals surface area contributed by atoms with Gasteiger partial charge in [0.1, 0.15) is 5.78 Å². The third-order valence-corrected chi connectivity index (χ3v) is 3.38. The highest BCUT2D eigenvalue weighted by Gasteiger charge is 2.14. The number of carbonyl (C=O) groups excluding carboxylic acids is 1. The van der Waals surface area contributed by atoms with E-state index >= 15 is 0 Å². The number of halogens is 2. The molecule has 1 nitrogen and oxygen atoms in total. The van der Waals surface area contributed by atoms with Gasteiger partial charge in [0.15, 0.2) is 0 Å². The molecule has 0 bridgehead atoms. The molecule has 1 rings (SSSR count). The summed E-state index contributed by atoms with van der Waals surface area (Å²) in [5, 5.41) is 0.622. The van der Waals surface area contributed by atoms with Crippen LogP contribution in [0.25, 0.3) is 0 Å². The van der Waals surface area contributed by atoms with E-state index in [1.54, 1.807) is 18.2 Å². The molecule has 0 heterocycles. The van der Waals surface area contributed by atoms with Crippen LogP contribution in [-0.2, 0) is 4.79 Å². The quantitative estimate of drug-likeness (QED) is 0.646. The molecular formula is C9H8BrClOS. The molecule has 0 N–H and O–H groups in total. The molecule has 1 unspecified atom stereocenters. The highest BCUT2D eigenvalue weighted by molar-refractivity contribution is 9.09. The van der Waals surface area contributed by atoms with E-state index in [-0.39, 0.29) is 10.6 Å². The normalized spacial score (nSPS) is 12.6. The van der Waals surface area contributed by atoms with Gasteiger partial charge in [0.2, 0.25) is 0 Å². The van der Waals surface area contributed by atoms with Crippen molar-refractivity contribution in [3.05, 3.63) is 28.8 Å². The van der Waals surface area contributed by atoms with E-state index in [1.807, 2.05) is 0 Å². The van der Waals surface area contributed by atoms with E-state index in [4.69, 9.17) is 11.6 Å². The van der Waals surface area contributed by atoms with Crippen LogP contribution in [0, 0.1) is 0 Å². The van der Waals surface area contributed by atoms with Crippen LogP contribution in [0.15, 0.2) is 23.1 Å². The van der Waals surface area contributed by atoms with Gasteiger partial charge in [-0.1, -0.05) is 33.6 Å². The van der Waals surface area contributed by atoms with Crippen molar-refractivity contribution in [1.29, 1.82) is 0 Å². The van der Waals surface area contributed by atoms with Crippen molar-refractivity contribution in [2.45, 2.75) is 16.6 Å². The highest BCUT2D eigenvalue weighted by Crippen LogP contribution is 2.30. The molecule has 1 aromatic carbocycles. The molecule has 0 saturated heterocycles. The van der Waals surface area contributed by atoms with Crippen LogP contribution in [0.1, 0.15) is 17.3 Å². The van der Waals surface area contributed by atoms with Crippen LogP contribution in [0.4, 0.5) is 0 Å². The predicted molar refractivity (Wildman–Crippen MR) is 61.1 cm³/mol. The smallest absolute Gasteiger partial charge is 0.147 e. The molecule has 4 heteroatoms. The van der Waals surface area contributed by atoms with Crippen molar-refractivity contribution in [2.75, 3.05) is 0 Å². The molecule has 0 amide bonds. The van der Waals surface area contributed by atoms with Gasteiger partial charge in [0, 0.05) is 9.92 Å². The molecule has 70 valence electrons. The topological polar surface area (TPSA) is 17.1 Å². The monoisotopic (exact) mass is 278 g/mol. The zero-order valence-corrected chi connectivity index (χ0v) is 10.2. The van der Waals surface area contributed by atoms with Crippen LogP contribution in [0.3, 0.4) is 0 Å². The molecule has 0 spiro atoms. The summed E-state index contributed by atoms with van der Waals surface area (Å²) in [6, 6.07) is 5.26. The molecule has 0 aromatic heterocycles. The van der Waals surface area contributed by atoms with E-state index in [1.165, 1.54) is 6.92 Å². The number of hydrogen-bond acceptors (Lipinski definition) is 2. The van der Waals surface area contributed by atoms with Crippen molar-refractivity contribution in [3.63, 3.8) is 0 Å². The van der Waals surface area contributed by atoms with Crippen molar-refractivity contribution >= 4 is 45.9 Å². The van der Waals surface area contributed by atoms with Crippen molar-refractivity contribution in [3.8, 4) is 0 Å². The van der Waals surface area contributed by atoms with E-state index in [9.17, 15) is 4.79 Å². The largest absolute Gasteiger partial charge is 0.298 e. The Morgan fingerprint density at radius 2 is 2.23 bits per heavy atom. The number of carbonyl (C=O) groups is 1. The van der Waals surface area contributed by atoms with Crippen molar-refractivity contribution in [2.24, 2.45) is 0 Å². The molecule has 1 aromatic rings. The number of benzene rings is 1. The molecule has 13 heavy (non-hydrogen) atoms. The molecule has 0 aliphatic rings. The van der Waals surface area contributed by atoms with Gasteiger partial charge in [-0.15, -0.1) is 12.6 Å². The minimum absolute atomic E-state index is 0.0534. The fourth-order valence-corrected chi connectivity index (χ4v) is 2.12. The Morgan fingerprint density at radius 1 is 1.62 bits per heavy atom. The number of hydrogen-bond donors (Lipinski definition) is 1. The summed E-state index contributed by atoms with van der Waals surface area (Å²) in [5.74, 6) is 0.0534. The zero-order chi connectivity index (χ0) is 10.0. The molecule has 0 aliphatic carbocycles. The lowest BCUT2D eigenvalue weighted by atomic mass is 10.1. The number of ketones is 1. The number of alkyl halides is 1. The van der Waals surface area contributed by atoms with E-state index in [0.717, 1.165) is 10.5 Å². The summed E-state index contributed by atoms with van der Waals surface area (Å²) in [7, 11) is 0. The van der Waals surface area contributed by atoms with E-state index < -0.39 is 0 Å². The molecule has 0 saturated carbocycles. The SMILES string of the molecule is CC(=O)C(Br)c1ccc(Cl)cc1S. The van der Waals surface area contributed by atoms with E-state index in [2.05, 4.69) is 28.6 Å². The van der Waals surface area contributed by atoms with Crippen LogP contribution < -0.4 is 0 Å².